The molecule has 15 heavy (non-hydrogen) atoms. The van der Waals surface area contributed by atoms with Gasteiger partial charge in [0.2, 0.25) is 0 Å². The molecule has 1 atom stereocenters. The van der Waals surface area contributed by atoms with Gasteiger partial charge in [0, 0.05) is 24.3 Å². The lowest BCUT2D eigenvalue weighted by atomic mass is 9.99. The number of thioether (sulfide) groups is 1. The van der Waals surface area contributed by atoms with Crippen LogP contribution in [0.5, 0.6) is 0 Å². The summed E-state index contributed by atoms with van der Waals surface area (Å²) in [5, 5.41) is 1.89. The van der Waals surface area contributed by atoms with Crippen molar-refractivity contribution in [2.45, 2.75) is 36.0 Å². The Bertz CT molecular complexity index is 369. The Morgan fingerprint density at radius 3 is 3.13 bits per heavy atom. The van der Waals surface area contributed by atoms with Gasteiger partial charge in [0.15, 0.2) is 0 Å². The normalized spacial score (nSPS) is 21.7. The third kappa shape index (κ3) is 2.95. The number of carbonyl (C=O) groups is 1. The average molecular weight is 242 g/mol. The van der Waals surface area contributed by atoms with Gasteiger partial charge in [-0.05, 0) is 25.0 Å². The molecule has 0 saturated heterocycles. The molecular formula is C11H12ClNOS. The maximum atomic E-state index is 11.3. The Morgan fingerprint density at radius 1 is 1.53 bits per heavy atom. The van der Waals surface area contributed by atoms with Crippen LogP contribution in [0.3, 0.4) is 0 Å². The quantitative estimate of drug-likeness (QED) is 0.796. The van der Waals surface area contributed by atoms with Gasteiger partial charge in [0.05, 0.1) is 5.02 Å². The number of pyridine rings is 1. The summed E-state index contributed by atoms with van der Waals surface area (Å²) in [6, 6.07) is 3.65. The number of aromatic nitrogens is 1. The molecule has 0 spiro atoms. The van der Waals surface area contributed by atoms with Crippen molar-refractivity contribution in [1.29, 1.82) is 0 Å². The molecule has 0 aliphatic heterocycles. The lowest BCUT2D eigenvalue weighted by Gasteiger charge is -2.19. The Morgan fingerprint density at radius 2 is 2.40 bits per heavy atom. The Hall–Kier alpha value is -0.540. The molecule has 1 unspecified atom stereocenters. The van der Waals surface area contributed by atoms with E-state index >= 15 is 0 Å². The number of ketones is 1. The molecule has 1 heterocycles. The molecule has 1 aliphatic carbocycles. The number of halogens is 1. The molecule has 0 N–H and O–H groups in total. The molecule has 1 aromatic rings. The number of Topliss-reactive ketones (excluding diaryl/α,β-unsaturated/α-hetero) is 1. The van der Waals surface area contributed by atoms with E-state index in [2.05, 4.69) is 4.98 Å². The van der Waals surface area contributed by atoms with Gasteiger partial charge in [-0.3, -0.25) is 4.79 Å². The second-order valence-electron chi connectivity index (χ2n) is 3.67. The highest BCUT2D eigenvalue weighted by Crippen LogP contribution is 2.34. The predicted molar refractivity (Wildman–Crippen MR) is 62.4 cm³/mol. The first kappa shape index (κ1) is 11.0. The highest BCUT2D eigenvalue weighted by atomic mass is 35.5. The van der Waals surface area contributed by atoms with E-state index in [1.807, 2.05) is 12.1 Å². The fraction of sp³-hybridized carbons (Fsp3) is 0.455. The molecule has 2 nitrogen and oxygen atoms in total. The van der Waals surface area contributed by atoms with Crippen LogP contribution in [0.2, 0.25) is 5.02 Å². The molecule has 0 amide bonds. The zero-order valence-electron chi connectivity index (χ0n) is 8.28. The zero-order valence-corrected chi connectivity index (χ0v) is 9.85. The zero-order chi connectivity index (χ0) is 10.7. The van der Waals surface area contributed by atoms with E-state index in [-0.39, 0.29) is 0 Å². The second kappa shape index (κ2) is 4.99. The van der Waals surface area contributed by atoms with Crippen LogP contribution in [0, 0.1) is 0 Å². The summed E-state index contributed by atoms with van der Waals surface area (Å²) in [7, 11) is 0. The molecule has 80 valence electrons. The topological polar surface area (TPSA) is 30.0 Å². The van der Waals surface area contributed by atoms with Crippen LogP contribution in [0.15, 0.2) is 23.4 Å². The Kier molecular flexibility index (Phi) is 3.65. The lowest BCUT2D eigenvalue weighted by molar-refractivity contribution is -0.120. The van der Waals surface area contributed by atoms with Gasteiger partial charge >= 0.3 is 0 Å². The minimum atomic E-state index is 0.360. The predicted octanol–water partition coefficient (Wildman–Crippen LogP) is 3.34. The molecule has 0 bridgehead atoms. The summed E-state index contributed by atoms with van der Waals surface area (Å²) in [6.45, 7) is 0. The molecule has 1 aliphatic rings. The summed E-state index contributed by atoms with van der Waals surface area (Å²) in [5.74, 6) is 0.366. The van der Waals surface area contributed by atoms with Gasteiger partial charge in [-0.15, -0.1) is 11.8 Å². The van der Waals surface area contributed by atoms with E-state index in [0.29, 0.717) is 22.5 Å². The third-order valence-electron chi connectivity index (χ3n) is 2.44. The van der Waals surface area contributed by atoms with Crippen molar-refractivity contribution in [3.63, 3.8) is 0 Å². The first-order valence-electron chi connectivity index (χ1n) is 5.04. The summed E-state index contributed by atoms with van der Waals surface area (Å²) < 4.78 is 0. The van der Waals surface area contributed by atoms with Gasteiger partial charge < -0.3 is 0 Å². The maximum Gasteiger partial charge on any atom is 0.134 e. The smallest absolute Gasteiger partial charge is 0.134 e. The fourth-order valence-corrected chi connectivity index (χ4v) is 3.13. The van der Waals surface area contributed by atoms with E-state index in [1.54, 1.807) is 18.0 Å². The monoisotopic (exact) mass is 241 g/mol. The molecular weight excluding hydrogens is 230 g/mol. The van der Waals surface area contributed by atoms with Crippen LogP contribution in [0.4, 0.5) is 0 Å². The average Bonchev–Trinajstić information content (AvgIpc) is 2.22. The summed E-state index contributed by atoms with van der Waals surface area (Å²) >= 11 is 7.64. The van der Waals surface area contributed by atoms with E-state index in [1.165, 1.54) is 0 Å². The summed E-state index contributed by atoms with van der Waals surface area (Å²) in [5.41, 5.74) is 0. The number of hydrogen-bond donors (Lipinski definition) is 0. The molecule has 0 radical (unpaired) electrons. The van der Waals surface area contributed by atoms with Crippen molar-refractivity contribution < 1.29 is 4.79 Å². The largest absolute Gasteiger partial charge is 0.300 e. The van der Waals surface area contributed by atoms with Gasteiger partial charge in [-0.25, -0.2) is 4.98 Å². The van der Waals surface area contributed by atoms with Crippen molar-refractivity contribution in [3.8, 4) is 0 Å². The van der Waals surface area contributed by atoms with Crippen molar-refractivity contribution in [1.82, 2.24) is 4.98 Å². The van der Waals surface area contributed by atoms with Crippen LogP contribution < -0.4 is 0 Å². The number of rotatable bonds is 2. The second-order valence-corrected chi connectivity index (χ2v) is 5.36. The first-order chi connectivity index (χ1) is 7.25. The summed E-state index contributed by atoms with van der Waals surface area (Å²) in [6.07, 6.45) is 5.23. The molecule has 1 aromatic heterocycles. The van der Waals surface area contributed by atoms with Crippen LogP contribution in [0.1, 0.15) is 25.7 Å². The van der Waals surface area contributed by atoms with Crippen molar-refractivity contribution in [3.05, 3.63) is 23.4 Å². The molecule has 0 aromatic carbocycles. The van der Waals surface area contributed by atoms with Gasteiger partial charge in [-0.1, -0.05) is 11.6 Å². The minimum Gasteiger partial charge on any atom is -0.300 e. The van der Waals surface area contributed by atoms with Gasteiger partial charge in [-0.2, -0.15) is 0 Å². The SMILES string of the molecule is O=C1CCCC(Sc2ncccc2Cl)C1. The molecule has 1 fully saturated rings. The number of hydrogen-bond acceptors (Lipinski definition) is 3. The number of carbonyl (C=O) groups excluding carboxylic acids is 1. The van der Waals surface area contributed by atoms with Crippen LogP contribution in [-0.2, 0) is 4.79 Å². The lowest BCUT2D eigenvalue weighted by Crippen LogP contribution is -2.16. The van der Waals surface area contributed by atoms with Crippen molar-refractivity contribution in [2.75, 3.05) is 0 Å². The molecule has 2 rings (SSSR count). The van der Waals surface area contributed by atoms with E-state index in [4.69, 9.17) is 11.6 Å². The molecule has 4 heteroatoms. The fourth-order valence-electron chi connectivity index (χ4n) is 1.70. The standard InChI is InChI=1S/C11H12ClNOS/c12-10-5-2-6-13-11(10)15-9-4-1-3-8(14)7-9/h2,5-6,9H,1,3-4,7H2. The minimum absolute atomic E-state index is 0.360. The Balaban J connectivity index is 2.02. The van der Waals surface area contributed by atoms with Crippen molar-refractivity contribution in [2.24, 2.45) is 0 Å². The van der Waals surface area contributed by atoms with Crippen molar-refractivity contribution >= 4 is 29.1 Å². The van der Waals surface area contributed by atoms with Crippen LogP contribution in [-0.4, -0.2) is 16.0 Å². The number of nitrogens with zero attached hydrogens (tertiary/aromatic N) is 1. The van der Waals surface area contributed by atoms with Crippen LogP contribution >= 0.6 is 23.4 Å². The molecule has 1 saturated carbocycles. The van der Waals surface area contributed by atoms with E-state index < -0.39 is 0 Å². The van der Waals surface area contributed by atoms with E-state index in [0.717, 1.165) is 24.3 Å². The van der Waals surface area contributed by atoms with Gasteiger partial charge in [0.25, 0.3) is 0 Å². The van der Waals surface area contributed by atoms with E-state index in [9.17, 15) is 4.79 Å². The highest BCUT2D eigenvalue weighted by Gasteiger charge is 2.21. The Labute approximate surface area is 98.4 Å². The van der Waals surface area contributed by atoms with Gasteiger partial charge in [0.1, 0.15) is 10.8 Å². The summed E-state index contributed by atoms with van der Waals surface area (Å²) in [4.78, 5) is 15.5. The third-order valence-corrected chi connectivity index (χ3v) is 4.14. The first-order valence-corrected chi connectivity index (χ1v) is 6.30. The highest BCUT2D eigenvalue weighted by molar-refractivity contribution is 8.00. The maximum absolute atomic E-state index is 11.3. The van der Waals surface area contributed by atoms with Crippen LogP contribution in [0.25, 0.3) is 0 Å².